The van der Waals surface area contributed by atoms with E-state index in [2.05, 4.69) is 11.7 Å². The summed E-state index contributed by atoms with van der Waals surface area (Å²) in [6.07, 6.45) is -5.81. The van der Waals surface area contributed by atoms with Gasteiger partial charge in [-0.15, -0.1) is 0 Å². The van der Waals surface area contributed by atoms with Crippen molar-refractivity contribution < 1.29 is 44.3 Å². The van der Waals surface area contributed by atoms with Crippen LogP contribution in [0, 0.1) is 29.2 Å². The topological polar surface area (TPSA) is 9.23 Å². The number of hydrogen-bond donors (Lipinski definition) is 0. The van der Waals surface area contributed by atoms with Crippen LogP contribution in [0.15, 0.2) is 48.5 Å². The van der Waals surface area contributed by atoms with Crippen molar-refractivity contribution in [1.82, 2.24) is 0 Å². The van der Waals surface area contributed by atoms with Crippen molar-refractivity contribution in [2.45, 2.75) is 57.2 Å². The van der Waals surface area contributed by atoms with E-state index in [0.29, 0.717) is 30.9 Å². The lowest BCUT2D eigenvalue weighted by atomic mass is 9.77. The smallest absolute Gasteiger partial charge is 0.428 e. The zero-order valence-corrected chi connectivity index (χ0v) is 20.1. The van der Waals surface area contributed by atoms with Gasteiger partial charge < -0.3 is 4.74 Å². The van der Waals surface area contributed by atoms with Crippen LogP contribution in [0.4, 0.5) is 39.5 Å². The molecule has 3 aromatic rings. The van der Waals surface area contributed by atoms with Crippen molar-refractivity contribution in [2.75, 3.05) is 0 Å². The van der Waals surface area contributed by atoms with Gasteiger partial charge in [-0.25, -0.2) is 17.6 Å². The van der Waals surface area contributed by atoms with Gasteiger partial charge in [0.2, 0.25) is 0 Å². The first-order chi connectivity index (χ1) is 17.8. The summed E-state index contributed by atoms with van der Waals surface area (Å²) in [6, 6.07) is 6.82. The highest BCUT2D eigenvalue weighted by molar-refractivity contribution is 5.71. The molecular formula is C28H23F9O. The fourth-order valence-corrected chi connectivity index (χ4v) is 4.99. The van der Waals surface area contributed by atoms with Gasteiger partial charge in [0.15, 0.2) is 0 Å². The second kappa shape index (κ2) is 10.5. The number of benzene rings is 3. The molecule has 1 aliphatic carbocycles. The Morgan fingerprint density at radius 2 is 1.26 bits per heavy atom. The van der Waals surface area contributed by atoms with Crippen molar-refractivity contribution in [2.24, 2.45) is 5.92 Å². The maximum absolute atomic E-state index is 15.1. The van der Waals surface area contributed by atoms with Gasteiger partial charge >= 0.3 is 12.3 Å². The van der Waals surface area contributed by atoms with E-state index in [1.807, 2.05) is 0 Å². The van der Waals surface area contributed by atoms with E-state index in [9.17, 15) is 30.7 Å². The number of ether oxygens (including phenoxy) is 1. The summed E-state index contributed by atoms with van der Waals surface area (Å²) >= 11 is 0. The zero-order valence-electron chi connectivity index (χ0n) is 20.1. The van der Waals surface area contributed by atoms with Crippen LogP contribution in [0.3, 0.4) is 0 Å². The Hall–Kier alpha value is -3.17. The molecular weight excluding hydrogens is 523 g/mol. The second-order valence-electron chi connectivity index (χ2n) is 9.41. The Morgan fingerprint density at radius 3 is 1.79 bits per heavy atom. The largest absolute Gasteiger partial charge is 0.432 e. The lowest BCUT2D eigenvalue weighted by Crippen LogP contribution is -2.26. The Bertz CT molecular complexity index is 1260. The Kier molecular flexibility index (Phi) is 7.72. The lowest BCUT2D eigenvalue weighted by Gasteiger charge is -2.28. The zero-order chi connectivity index (χ0) is 27.8. The first-order valence-electron chi connectivity index (χ1n) is 12.0. The minimum atomic E-state index is -5.33. The normalized spacial score (nSPS) is 18.5. The average molecular weight is 546 g/mol. The molecule has 1 aliphatic rings. The minimum Gasteiger partial charge on any atom is -0.428 e. The summed E-state index contributed by atoms with van der Waals surface area (Å²) in [5, 5.41) is 0. The van der Waals surface area contributed by atoms with E-state index in [-0.39, 0.29) is 11.5 Å². The molecule has 0 aliphatic heterocycles. The summed E-state index contributed by atoms with van der Waals surface area (Å²) in [4.78, 5) is 0. The molecule has 204 valence electrons. The molecule has 0 heterocycles. The fourth-order valence-electron chi connectivity index (χ4n) is 4.99. The van der Waals surface area contributed by atoms with Crippen LogP contribution in [0.1, 0.15) is 61.6 Å². The van der Waals surface area contributed by atoms with Crippen molar-refractivity contribution in [3.63, 3.8) is 0 Å². The Balaban J connectivity index is 1.66. The van der Waals surface area contributed by atoms with Crippen molar-refractivity contribution in [3.05, 3.63) is 88.5 Å². The molecule has 0 unspecified atom stereocenters. The number of hydrogen-bond acceptors (Lipinski definition) is 1. The molecule has 1 nitrogen and oxygen atoms in total. The van der Waals surface area contributed by atoms with Gasteiger partial charge in [0.25, 0.3) is 0 Å². The van der Waals surface area contributed by atoms with Crippen LogP contribution in [0.25, 0.3) is 11.1 Å². The molecule has 0 spiro atoms. The van der Waals surface area contributed by atoms with Gasteiger partial charge in [-0.1, -0.05) is 31.5 Å². The van der Waals surface area contributed by atoms with E-state index in [4.69, 9.17) is 0 Å². The number of para-hydroxylation sites is 1. The highest BCUT2D eigenvalue weighted by atomic mass is 19.4. The molecule has 4 rings (SSSR count). The molecule has 3 aromatic carbocycles. The van der Waals surface area contributed by atoms with E-state index in [0.717, 1.165) is 43.5 Å². The molecule has 0 radical (unpaired) electrons. The van der Waals surface area contributed by atoms with Crippen LogP contribution in [-0.2, 0) is 12.3 Å². The fraction of sp³-hybridized carbons (Fsp3) is 0.357. The number of alkyl halides is 5. The maximum atomic E-state index is 15.1. The number of rotatable bonds is 6. The van der Waals surface area contributed by atoms with Gasteiger partial charge in [-0.3, -0.25) is 0 Å². The molecule has 0 atom stereocenters. The molecule has 0 bridgehead atoms. The highest BCUT2D eigenvalue weighted by Gasteiger charge is 2.42. The van der Waals surface area contributed by atoms with Crippen LogP contribution in [0.5, 0.6) is 5.75 Å². The molecule has 0 aromatic heterocycles. The standard InChI is InChI=1S/C28H23F9O/c1-2-15-7-9-16(10-8-15)17-11-22(31)26(23(32)12-17)28(36,37)38-24-6-4-3-5-19(24)18-13-20(29)25(21(30)14-18)27(33,34)35/h3-6,11-16H,2,7-10H2,1H3/t15-,16-. The van der Waals surface area contributed by atoms with E-state index < -0.39 is 63.6 Å². The van der Waals surface area contributed by atoms with Gasteiger partial charge in [-0.2, -0.15) is 22.0 Å². The van der Waals surface area contributed by atoms with Crippen LogP contribution >= 0.6 is 0 Å². The second-order valence-corrected chi connectivity index (χ2v) is 9.41. The van der Waals surface area contributed by atoms with Gasteiger partial charge in [0, 0.05) is 5.56 Å². The van der Waals surface area contributed by atoms with Crippen LogP contribution in [-0.4, -0.2) is 0 Å². The third-order valence-corrected chi connectivity index (χ3v) is 7.01. The Labute approximate surface area is 213 Å². The predicted octanol–water partition coefficient (Wildman–Crippen LogP) is 9.74. The van der Waals surface area contributed by atoms with E-state index in [1.165, 1.54) is 12.1 Å². The third-order valence-electron chi connectivity index (χ3n) is 7.01. The summed E-state index contributed by atoms with van der Waals surface area (Å²) < 4.78 is 132. The summed E-state index contributed by atoms with van der Waals surface area (Å²) in [5.41, 5.74) is -4.48. The van der Waals surface area contributed by atoms with Crippen molar-refractivity contribution in [3.8, 4) is 16.9 Å². The predicted molar refractivity (Wildman–Crippen MR) is 123 cm³/mol. The first-order valence-corrected chi connectivity index (χ1v) is 12.0. The monoisotopic (exact) mass is 546 g/mol. The van der Waals surface area contributed by atoms with E-state index in [1.54, 1.807) is 0 Å². The van der Waals surface area contributed by atoms with Gasteiger partial charge in [-0.05, 0) is 79.0 Å². The number of halogens is 9. The molecule has 1 fully saturated rings. The average Bonchev–Trinajstić information content (AvgIpc) is 2.82. The molecule has 0 amide bonds. The minimum absolute atomic E-state index is 0.171. The Morgan fingerprint density at radius 1 is 0.737 bits per heavy atom. The molecule has 1 saturated carbocycles. The van der Waals surface area contributed by atoms with Gasteiger partial charge in [0.1, 0.15) is 40.1 Å². The summed E-state index contributed by atoms with van der Waals surface area (Å²) in [5.74, 6) is -7.38. The molecule has 0 N–H and O–H groups in total. The molecule has 10 heteroatoms. The van der Waals surface area contributed by atoms with Crippen LogP contribution < -0.4 is 4.74 Å². The highest BCUT2D eigenvalue weighted by Crippen LogP contribution is 2.43. The summed E-state index contributed by atoms with van der Waals surface area (Å²) in [6.45, 7) is 2.06. The molecule has 0 saturated heterocycles. The van der Waals surface area contributed by atoms with E-state index >= 15 is 8.78 Å². The third kappa shape index (κ3) is 5.63. The van der Waals surface area contributed by atoms with Crippen molar-refractivity contribution in [1.29, 1.82) is 0 Å². The lowest BCUT2D eigenvalue weighted by molar-refractivity contribution is -0.189. The van der Waals surface area contributed by atoms with Crippen LogP contribution in [0.2, 0.25) is 0 Å². The first kappa shape index (κ1) is 27.9. The van der Waals surface area contributed by atoms with Crippen molar-refractivity contribution >= 4 is 0 Å². The maximum Gasteiger partial charge on any atom is 0.432 e. The summed E-state index contributed by atoms with van der Waals surface area (Å²) in [7, 11) is 0. The van der Waals surface area contributed by atoms with Gasteiger partial charge in [0.05, 0.1) is 0 Å². The quantitative estimate of drug-likeness (QED) is 0.280. The SMILES string of the molecule is CC[C@H]1CC[C@H](c2cc(F)c(C(F)(F)Oc3ccccc3-c3cc(F)c(C(F)(F)F)c(F)c3)c(F)c2)CC1. The molecule has 38 heavy (non-hydrogen) atoms.